The Morgan fingerprint density at radius 3 is 2.29 bits per heavy atom. The molecule has 96 valence electrons. The van der Waals surface area contributed by atoms with E-state index < -0.39 is 5.60 Å². The SMILES string of the molecule is CC(C)(C)OC(=O)N1C2CCC(CC2)[C@H]1C=O. The Hall–Kier alpha value is -1.06. The molecule has 2 bridgehead atoms. The van der Waals surface area contributed by atoms with Gasteiger partial charge in [-0.05, 0) is 52.4 Å². The van der Waals surface area contributed by atoms with E-state index in [9.17, 15) is 9.59 Å². The molecule has 3 aliphatic rings. The van der Waals surface area contributed by atoms with Crippen molar-refractivity contribution in [3.8, 4) is 0 Å². The number of piperidine rings is 2. The van der Waals surface area contributed by atoms with Crippen LogP contribution in [0.5, 0.6) is 0 Å². The van der Waals surface area contributed by atoms with Gasteiger partial charge in [-0.3, -0.25) is 4.90 Å². The van der Waals surface area contributed by atoms with Crippen molar-refractivity contribution in [2.45, 2.75) is 64.1 Å². The number of carbonyl (C=O) groups is 2. The summed E-state index contributed by atoms with van der Waals surface area (Å²) >= 11 is 0. The molecule has 4 heteroatoms. The topological polar surface area (TPSA) is 46.6 Å². The van der Waals surface area contributed by atoms with Gasteiger partial charge in [0.05, 0.1) is 6.04 Å². The molecule has 3 fully saturated rings. The van der Waals surface area contributed by atoms with Crippen LogP contribution in [-0.2, 0) is 9.53 Å². The molecule has 1 saturated carbocycles. The largest absolute Gasteiger partial charge is 0.444 e. The lowest BCUT2D eigenvalue weighted by Gasteiger charge is -2.49. The van der Waals surface area contributed by atoms with E-state index in [2.05, 4.69) is 0 Å². The predicted octanol–water partition coefficient (Wildman–Crippen LogP) is 2.36. The Labute approximate surface area is 102 Å². The molecule has 0 aromatic rings. The van der Waals surface area contributed by atoms with E-state index in [0.717, 1.165) is 32.0 Å². The smallest absolute Gasteiger partial charge is 0.411 e. The van der Waals surface area contributed by atoms with Crippen molar-refractivity contribution < 1.29 is 14.3 Å². The Morgan fingerprint density at radius 1 is 1.24 bits per heavy atom. The fourth-order valence-electron chi connectivity index (χ4n) is 2.95. The highest BCUT2D eigenvalue weighted by atomic mass is 16.6. The number of nitrogens with zero attached hydrogens (tertiary/aromatic N) is 1. The quantitative estimate of drug-likeness (QED) is 0.660. The first-order valence-corrected chi connectivity index (χ1v) is 6.39. The maximum Gasteiger partial charge on any atom is 0.411 e. The minimum Gasteiger partial charge on any atom is -0.444 e. The lowest BCUT2D eigenvalue weighted by molar-refractivity contribution is -0.120. The Morgan fingerprint density at radius 2 is 1.82 bits per heavy atom. The van der Waals surface area contributed by atoms with Gasteiger partial charge in [-0.1, -0.05) is 0 Å². The highest BCUT2D eigenvalue weighted by molar-refractivity contribution is 5.75. The molecular formula is C13H21NO3. The van der Waals surface area contributed by atoms with Crippen LogP contribution in [0.2, 0.25) is 0 Å². The molecule has 2 heterocycles. The van der Waals surface area contributed by atoms with Crippen LogP contribution >= 0.6 is 0 Å². The number of fused-ring (bicyclic) bond motifs is 3. The van der Waals surface area contributed by atoms with Gasteiger partial charge in [-0.15, -0.1) is 0 Å². The van der Waals surface area contributed by atoms with E-state index >= 15 is 0 Å². The second-order valence-corrected chi connectivity index (χ2v) is 6.08. The summed E-state index contributed by atoms with van der Waals surface area (Å²) in [4.78, 5) is 25.0. The van der Waals surface area contributed by atoms with Crippen LogP contribution in [0.4, 0.5) is 4.79 Å². The first-order chi connectivity index (χ1) is 7.92. The zero-order valence-electron chi connectivity index (χ0n) is 10.8. The van der Waals surface area contributed by atoms with Crippen molar-refractivity contribution >= 4 is 12.4 Å². The summed E-state index contributed by atoms with van der Waals surface area (Å²) < 4.78 is 5.39. The van der Waals surface area contributed by atoms with E-state index in [1.165, 1.54) is 0 Å². The van der Waals surface area contributed by atoms with Gasteiger partial charge in [0.2, 0.25) is 0 Å². The van der Waals surface area contributed by atoms with Gasteiger partial charge in [-0.2, -0.15) is 0 Å². The van der Waals surface area contributed by atoms with Gasteiger partial charge in [-0.25, -0.2) is 4.79 Å². The molecule has 1 atom stereocenters. The Balaban J connectivity index is 2.12. The molecule has 3 rings (SSSR count). The monoisotopic (exact) mass is 239 g/mol. The molecule has 4 nitrogen and oxygen atoms in total. The average Bonchev–Trinajstić information content (AvgIpc) is 2.26. The molecule has 0 N–H and O–H groups in total. The normalized spacial score (nSPS) is 32.4. The molecule has 0 aromatic heterocycles. The van der Waals surface area contributed by atoms with Crippen LogP contribution in [0, 0.1) is 5.92 Å². The summed E-state index contributed by atoms with van der Waals surface area (Å²) in [5.74, 6) is 0.338. The van der Waals surface area contributed by atoms with Crippen LogP contribution in [0.1, 0.15) is 46.5 Å². The summed E-state index contributed by atoms with van der Waals surface area (Å²) in [5.41, 5.74) is -0.499. The minimum atomic E-state index is -0.499. The van der Waals surface area contributed by atoms with Crippen molar-refractivity contribution in [1.82, 2.24) is 4.90 Å². The third-order valence-corrected chi connectivity index (χ3v) is 3.68. The molecule has 0 spiro atoms. The number of hydrogen-bond donors (Lipinski definition) is 0. The van der Waals surface area contributed by atoms with Gasteiger partial charge < -0.3 is 9.53 Å². The summed E-state index contributed by atoms with van der Waals surface area (Å²) in [5, 5.41) is 0. The van der Waals surface area contributed by atoms with E-state index in [1.54, 1.807) is 4.90 Å². The van der Waals surface area contributed by atoms with Gasteiger partial charge in [0.15, 0.2) is 0 Å². The molecular weight excluding hydrogens is 218 g/mol. The number of hydrogen-bond acceptors (Lipinski definition) is 3. The summed E-state index contributed by atoms with van der Waals surface area (Å²) in [6.07, 6.45) is 4.73. The third-order valence-electron chi connectivity index (χ3n) is 3.68. The molecule has 2 aliphatic heterocycles. The highest BCUT2D eigenvalue weighted by Crippen LogP contribution is 2.39. The van der Waals surface area contributed by atoms with Crippen LogP contribution in [0.15, 0.2) is 0 Å². The third kappa shape index (κ3) is 2.45. The van der Waals surface area contributed by atoms with Crippen LogP contribution < -0.4 is 0 Å². The lowest BCUT2D eigenvalue weighted by Crippen LogP contribution is -2.59. The maximum absolute atomic E-state index is 12.1. The molecule has 0 unspecified atom stereocenters. The first kappa shape index (κ1) is 12.4. The summed E-state index contributed by atoms with van der Waals surface area (Å²) in [7, 11) is 0. The Bertz CT molecular complexity index is 313. The lowest BCUT2D eigenvalue weighted by atomic mass is 9.75. The zero-order valence-corrected chi connectivity index (χ0v) is 10.8. The first-order valence-electron chi connectivity index (χ1n) is 6.39. The number of carbonyl (C=O) groups excluding carboxylic acids is 2. The number of rotatable bonds is 1. The molecule has 2 saturated heterocycles. The fourth-order valence-corrected chi connectivity index (χ4v) is 2.95. The van der Waals surface area contributed by atoms with Gasteiger partial charge >= 0.3 is 6.09 Å². The molecule has 0 radical (unpaired) electrons. The van der Waals surface area contributed by atoms with Crippen molar-refractivity contribution in [2.75, 3.05) is 0 Å². The standard InChI is InChI=1S/C13H21NO3/c1-13(2,3)17-12(16)14-10-6-4-9(5-7-10)11(14)8-15/h8-11H,4-7H2,1-3H3/t9?,10?,11-/m1/s1. The zero-order chi connectivity index (χ0) is 12.6. The minimum absolute atomic E-state index is 0.199. The number of amides is 1. The van der Waals surface area contributed by atoms with Crippen molar-refractivity contribution in [2.24, 2.45) is 5.92 Å². The molecule has 17 heavy (non-hydrogen) atoms. The summed E-state index contributed by atoms with van der Waals surface area (Å²) in [6.45, 7) is 5.55. The van der Waals surface area contributed by atoms with Crippen LogP contribution in [-0.4, -0.2) is 35.0 Å². The van der Waals surface area contributed by atoms with E-state index in [-0.39, 0.29) is 18.2 Å². The second-order valence-electron chi connectivity index (χ2n) is 6.08. The van der Waals surface area contributed by atoms with E-state index in [0.29, 0.717) is 5.92 Å². The molecule has 0 aromatic carbocycles. The van der Waals surface area contributed by atoms with Gasteiger partial charge in [0, 0.05) is 6.04 Å². The summed E-state index contributed by atoms with van der Waals surface area (Å²) in [6, 6.07) is -0.0672. The van der Waals surface area contributed by atoms with Crippen LogP contribution in [0.25, 0.3) is 0 Å². The second kappa shape index (κ2) is 4.31. The van der Waals surface area contributed by atoms with Crippen molar-refractivity contribution in [3.05, 3.63) is 0 Å². The van der Waals surface area contributed by atoms with E-state index in [1.807, 2.05) is 20.8 Å². The molecule has 1 aliphatic carbocycles. The van der Waals surface area contributed by atoms with Gasteiger partial charge in [0.1, 0.15) is 11.9 Å². The average molecular weight is 239 g/mol. The highest BCUT2D eigenvalue weighted by Gasteiger charge is 2.45. The fraction of sp³-hybridized carbons (Fsp3) is 0.846. The Kier molecular flexibility index (Phi) is 3.15. The molecule has 1 amide bonds. The van der Waals surface area contributed by atoms with Gasteiger partial charge in [0.25, 0.3) is 0 Å². The number of aldehydes is 1. The van der Waals surface area contributed by atoms with E-state index in [4.69, 9.17) is 4.74 Å². The van der Waals surface area contributed by atoms with Crippen LogP contribution in [0.3, 0.4) is 0 Å². The van der Waals surface area contributed by atoms with Crippen molar-refractivity contribution in [1.29, 1.82) is 0 Å². The predicted molar refractivity (Wildman–Crippen MR) is 63.7 cm³/mol. The number of ether oxygens (including phenoxy) is 1. The maximum atomic E-state index is 12.1. The van der Waals surface area contributed by atoms with Crippen molar-refractivity contribution in [3.63, 3.8) is 0 Å².